The summed E-state index contributed by atoms with van der Waals surface area (Å²) >= 11 is 11.9. The highest BCUT2D eigenvalue weighted by atomic mass is 35.5. The number of aromatic nitrogens is 1. The van der Waals surface area contributed by atoms with E-state index in [2.05, 4.69) is 10.3 Å². The van der Waals surface area contributed by atoms with Crippen molar-refractivity contribution in [2.75, 3.05) is 6.26 Å². The van der Waals surface area contributed by atoms with E-state index in [4.69, 9.17) is 23.2 Å². The number of nitrogens with one attached hydrogen (secondary N) is 1. The molecule has 0 saturated carbocycles. The van der Waals surface area contributed by atoms with Crippen molar-refractivity contribution in [3.63, 3.8) is 0 Å². The van der Waals surface area contributed by atoms with E-state index in [0.717, 1.165) is 6.26 Å². The Hall–Kier alpha value is -1.70. The molecular formula is C18H17Cl2FN2O3S. The van der Waals surface area contributed by atoms with Crippen molar-refractivity contribution >= 4 is 38.9 Å². The summed E-state index contributed by atoms with van der Waals surface area (Å²) in [6.45, 7) is 0.0195. The van der Waals surface area contributed by atoms with E-state index in [1.54, 1.807) is 12.1 Å². The van der Waals surface area contributed by atoms with E-state index >= 15 is 4.39 Å². The minimum absolute atomic E-state index is 0.00798. The number of halogens is 3. The first-order chi connectivity index (χ1) is 12.6. The van der Waals surface area contributed by atoms with Gasteiger partial charge in [-0.15, -0.1) is 0 Å². The fraction of sp³-hybridized carbons (Fsp3) is 0.333. The molecule has 2 atom stereocenters. The number of rotatable bonds is 4. The van der Waals surface area contributed by atoms with Gasteiger partial charge in [0.1, 0.15) is 5.25 Å². The molecule has 1 N–H and O–H groups in total. The lowest BCUT2D eigenvalue weighted by atomic mass is 9.82. The van der Waals surface area contributed by atoms with Gasteiger partial charge < -0.3 is 5.32 Å². The monoisotopic (exact) mass is 430 g/mol. The fourth-order valence-corrected chi connectivity index (χ4v) is 4.86. The van der Waals surface area contributed by atoms with Crippen LogP contribution in [-0.2, 0) is 26.8 Å². The van der Waals surface area contributed by atoms with Crippen LogP contribution < -0.4 is 5.32 Å². The molecule has 1 aromatic heterocycles. The van der Waals surface area contributed by atoms with Gasteiger partial charge >= 0.3 is 0 Å². The standard InChI is InChI=1S/C18H17Cl2FN2O3S/c1-27(25,26)15-6-7-18(21,13-3-2-8-22-16(13)15)17(24)23-10-11-4-5-12(19)9-14(11)20/h2-5,8-9,15H,6-7,10H2,1H3,(H,23,24)/t15?,18-/m0/s1. The van der Waals surface area contributed by atoms with Crippen molar-refractivity contribution in [2.45, 2.75) is 30.3 Å². The Labute approximate surface area is 166 Å². The predicted molar refractivity (Wildman–Crippen MR) is 102 cm³/mol. The van der Waals surface area contributed by atoms with Gasteiger partial charge in [-0.25, -0.2) is 12.8 Å². The van der Waals surface area contributed by atoms with Crippen molar-refractivity contribution in [1.82, 2.24) is 10.3 Å². The zero-order chi connectivity index (χ0) is 19.8. The lowest BCUT2D eigenvalue weighted by molar-refractivity contribution is -0.134. The molecule has 1 aliphatic carbocycles. The maximum Gasteiger partial charge on any atom is 0.262 e. The number of pyridine rings is 1. The number of sulfone groups is 1. The molecular weight excluding hydrogens is 414 g/mol. The van der Waals surface area contributed by atoms with Crippen molar-refractivity contribution in [3.05, 3.63) is 63.4 Å². The number of alkyl halides is 1. The maximum absolute atomic E-state index is 15.7. The molecule has 0 radical (unpaired) electrons. The van der Waals surface area contributed by atoms with Gasteiger partial charge in [-0.2, -0.15) is 0 Å². The average Bonchev–Trinajstić information content (AvgIpc) is 2.60. The number of hydrogen-bond acceptors (Lipinski definition) is 4. The van der Waals surface area contributed by atoms with Crippen LogP contribution in [0.5, 0.6) is 0 Å². The molecule has 5 nitrogen and oxygen atoms in total. The SMILES string of the molecule is CS(=O)(=O)C1CC[C@@](F)(C(=O)NCc2ccc(Cl)cc2Cl)c2cccnc21. The smallest absolute Gasteiger partial charge is 0.262 e. The van der Waals surface area contributed by atoms with Gasteiger partial charge in [0, 0.05) is 34.6 Å². The van der Waals surface area contributed by atoms with Crippen molar-refractivity contribution < 1.29 is 17.6 Å². The van der Waals surface area contributed by atoms with Crippen LogP contribution in [0.4, 0.5) is 4.39 Å². The Bertz CT molecular complexity index is 1000. The highest BCUT2D eigenvalue weighted by Crippen LogP contribution is 2.45. The molecule has 1 aliphatic rings. The van der Waals surface area contributed by atoms with Gasteiger partial charge in [-0.05, 0) is 36.6 Å². The summed E-state index contributed by atoms with van der Waals surface area (Å²) in [4.78, 5) is 16.7. The maximum atomic E-state index is 15.7. The fourth-order valence-electron chi connectivity index (χ4n) is 3.24. The van der Waals surface area contributed by atoms with E-state index < -0.39 is 26.7 Å². The molecule has 144 valence electrons. The normalized spacial score (nSPS) is 22.1. The molecule has 1 unspecified atom stereocenters. The number of benzene rings is 1. The topological polar surface area (TPSA) is 76.1 Å². The second-order valence-corrected chi connectivity index (χ2v) is 9.58. The Kier molecular flexibility index (Phi) is 5.47. The second kappa shape index (κ2) is 7.37. The molecule has 0 saturated heterocycles. The van der Waals surface area contributed by atoms with Crippen LogP contribution in [0.25, 0.3) is 0 Å². The van der Waals surface area contributed by atoms with Crippen LogP contribution in [0.1, 0.15) is 34.9 Å². The number of carbonyl (C=O) groups is 1. The number of amides is 1. The summed E-state index contributed by atoms with van der Waals surface area (Å²) < 4.78 is 39.7. The van der Waals surface area contributed by atoms with Gasteiger partial charge in [0.15, 0.2) is 9.84 Å². The molecule has 1 aromatic carbocycles. The highest BCUT2D eigenvalue weighted by molar-refractivity contribution is 7.90. The molecule has 3 rings (SSSR count). The molecule has 27 heavy (non-hydrogen) atoms. The molecule has 9 heteroatoms. The first-order valence-corrected chi connectivity index (χ1v) is 10.9. The van der Waals surface area contributed by atoms with Crippen LogP contribution in [-0.4, -0.2) is 25.6 Å². The van der Waals surface area contributed by atoms with E-state index in [-0.39, 0.29) is 30.6 Å². The Morgan fingerprint density at radius 1 is 1.37 bits per heavy atom. The first kappa shape index (κ1) is 20.0. The summed E-state index contributed by atoms with van der Waals surface area (Å²) in [6.07, 6.45) is 2.22. The molecule has 0 bridgehead atoms. The number of hydrogen-bond donors (Lipinski definition) is 1. The molecule has 1 heterocycles. The summed E-state index contributed by atoms with van der Waals surface area (Å²) in [6, 6.07) is 7.70. The van der Waals surface area contributed by atoms with Crippen LogP contribution in [0.15, 0.2) is 36.5 Å². The van der Waals surface area contributed by atoms with Crippen LogP contribution in [0.3, 0.4) is 0 Å². The Balaban J connectivity index is 1.87. The van der Waals surface area contributed by atoms with Gasteiger partial charge in [-0.1, -0.05) is 35.3 Å². The zero-order valence-corrected chi connectivity index (χ0v) is 16.7. The number of nitrogens with zero attached hydrogens (tertiary/aromatic N) is 1. The minimum Gasteiger partial charge on any atom is -0.349 e. The third-order valence-corrected chi connectivity index (χ3v) is 6.73. The second-order valence-electron chi connectivity index (χ2n) is 6.51. The molecule has 0 fully saturated rings. The summed E-state index contributed by atoms with van der Waals surface area (Å²) in [7, 11) is -3.47. The summed E-state index contributed by atoms with van der Waals surface area (Å²) in [5.41, 5.74) is -1.68. The Morgan fingerprint density at radius 3 is 2.78 bits per heavy atom. The number of fused-ring (bicyclic) bond motifs is 1. The largest absolute Gasteiger partial charge is 0.349 e. The lowest BCUT2D eigenvalue weighted by Gasteiger charge is -2.33. The lowest BCUT2D eigenvalue weighted by Crippen LogP contribution is -2.44. The first-order valence-electron chi connectivity index (χ1n) is 8.18. The Morgan fingerprint density at radius 2 is 2.11 bits per heavy atom. The summed E-state index contributed by atoms with van der Waals surface area (Å²) in [5.74, 6) is -0.852. The van der Waals surface area contributed by atoms with E-state index in [1.165, 1.54) is 24.4 Å². The number of carbonyl (C=O) groups excluding carboxylic acids is 1. The zero-order valence-electron chi connectivity index (χ0n) is 14.4. The predicted octanol–water partition coefficient (Wildman–Crippen LogP) is 3.75. The average molecular weight is 431 g/mol. The minimum atomic E-state index is -3.47. The third kappa shape index (κ3) is 3.95. The van der Waals surface area contributed by atoms with Gasteiger partial charge in [-0.3, -0.25) is 9.78 Å². The molecule has 1 amide bonds. The third-order valence-electron chi connectivity index (χ3n) is 4.65. The van der Waals surface area contributed by atoms with E-state index in [1.807, 2.05) is 0 Å². The highest BCUT2D eigenvalue weighted by Gasteiger charge is 2.49. The van der Waals surface area contributed by atoms with E-state index in [0.29, 0.717) is 15.6 Å². The summed E-state index contributed by atoms with van der Waals surface area (Å²) in [5, 5.41) is 2.44. The van der Waals surface area contributed by atoms with E-state index in [9.17, 15) is 13.2 Å². The van der Waals surface area contributed by atoms with Gasteiger partial charge in [0.2, 0.25) is 5.67 Å². The quantitative estimate of drug-likeness (QED) is 0.800. The molecule has 0 aliphatic heterocycles. The van der Waals surface area contributed by atoms with Crippen LogP contribution in [0.2, 0.25) is 10.0 Å². The van der Waals surface area contributed by atoms with Gasteiger partial charge in [0.25, 0.3) is 5.91 Å². The van der Waals surface area contributed by atoms with Crippen molar-refractivity contribution in [3.8, 4) is 0 Å². The van der Waals surface area contributed by atoms with Crippen molar-refractivity contribution in [1.29, 1.82) is 0 Å². The van der Waals surface area contributed by atoms with Crippen LogP contribution >= 0.6 is 23.2 Å². The van der Waals surface area contributed by atoms with Crippen molar-refractivity contribution in [2.24, 2.45) is 0 Å². The van der Waals surface area contributed by atoms with Crippen LogP contribution in [0, 0.1) is 0 Å². The molecule has 0 spiro atoms. The van der Waals surface area contributed by atoms with Gasteiger partial charge in [0.05, 0.1) is 5.69 Å². The molecule has 2 aromatic rings.